The lowest BCUT2D eigenvalue weighted by atomic mass is 10.2. The van der Waals surface area contributed by atoms with Gasteiger partial charge in [0, 0.05) is 22.2 Å². The van der Waals surface area contributed by atoms with Crippen LogP contribution in [0.1, 0.15) is 30.5 Å². The third kappa shape index (κ3) is 4.86. The molecule has 2 heterocycles. The highest BCUT2D eigenvalue weighted by atomic mass is 32.1. The van der Waals surface area contributed by atoms with Crippen molar-refractivity contribution in [1.29, 1.82) is 0 Å². The number of nitrogens with one attached hydrogen (secondary N) is 1. The molecule has 0 aliphatic heterocycles. The van der Waals surface area contributed by atoms with Crippen LogP contribution >= 0.6 is 11.3 Å². The van der Waals surface area contributed by atoms with Gasteiger partial charge in [-0.15, -0.1) is 11.3 Å². The molecule has 7 heteroatoms. The van der Waals surface area contributed by atoms with E-state index in [1.807, 2.05) is 13.8 Å². The SMILES string of the molecule is Cc1ccc(CC(C)Nc2nc(N)nc(OC(C)C)n2)s1. The number of nitrogens with two attached hydrogens (primary N) is 1. The van der Waals surface area contributed by atoms with E-state index in [9.17, 15) is 0 Å². The Hall–Kier alpha value is -1.89. The van der Waals surface area contributed by atoms with Gasteiger partial charge in [0.25, 0.3) is 0 Å². The molecule has 0 fully saturated rings. The van der Waals surface area contributed by atoms with E-state index in [-0.39, 0.29) is 24.1 Å². The van der Waals surface area contributed by atoms with Crippen molar-refractivity contribution in [1.82, 2.24) is 15.0 Å². The van der Waals surface area contributed by atoms with E-state index in [2.05, 4.69) is 46.2 Å². The third-order valence-electron chi connectivity index (χ3n) is 2.65. The maximum atomic E-state index is 5.69. The summed E-state index contributed by atoms with van der Waals surface area (Å²) >= 11 is 1.80. The quantitative estimate of drug-likeness (QED) is 0.853. The topological polar surface area (TPSA) is 86.0 Å². The Morgan fingerprint density at radius 1 is 1.24 bits per heavy atom. The van der Waals surface area contributed by atoms with Crippen molar-refractivity contribution in [2.75, 3.05) is 11.1 Å². The number of hydrogen-bond donors (Lipinski definition) is 2. The van der Waals surface area contributed by atoms with Crippen molar-refractivity contribution < 1.29 is 4.74 Å². The van der Waals surface area contributed by atoms with Crippen LogP contribution < -0.4 is 15.8 Å². The first kappa shape index (κ1) is 15.5. The molecule has 114 valence electrons. The molecule has 1 unspecified atom stereocenters. The van der Waals surface area contributed by atoms with Gasteiger partial charge in [-0.25, -0.2) is 0 Å². The van der Waals surface area contributed by atoms with Crippen molar-refractivity contribution in [2.45, 2.75) is 46.3 Å². The second-order valence-electron chi connectivity index (χ2n) is 5.23. The maximum Gasteiger partial charge on any atom is 0.323 e. The molecular formula is C14H21N5OS. The molecule has 3 N–H and O–H groups in total. The third-order valence-corrected chi connectivity index (χ3v) is 3.68. The highest BCUT2D eigenvalue weighted by Crippen LogP contribution is 2.18. The Labute approximate surface area is 128 Å². The zero-order valence-corrected chi connectivity index (χ0v) is 13.6. The molecular weight excluding hydrogens is 286 g/mol. The average Bonchev–Trinajstić information content (AvgIpc) is 2.72. The minimum absolute atomic E-state index is 0.00818. The van der Waals surface area contributed by atoms with Crippen molar-refractivity contribution >= 4 is 23.2 Å². The summed E-state index contributed by atoms with van der Waals surface area (Å²) in [4.78, 5) is 14.9. The number of anilines is 2. The van der Waals surface area contributed by atoms with Gasteiger partial charge in [-0.1, -0.05) is 0 Å². The predicted octanol–water partition coefficient (Wildman–Crippen LogP) is 2.65. The van der Waals surface area contributed by atoms with Crippen LogP contribution in [0.25, 0.3) is 0 Å². The van der Waals surface area contributed by atoms with Crippen LogP contribution in [0.4, 0.5) is 11.9 Å². The summed E-state index contributed by atoms with van der Waals surface area (Å²) in [6.45, 7) is 8.01. The lowest BCUT2D eigenvalue weighted by Crippen LogP contribution is -2.20. The van der Waals surface area contributed by atoms with Gasteiger partial charge in [0.1, 0.15) is 0 Å². The number of rotatable bonds is 6. The number of hydrogen-bond acceptors (Lipinski definition) is 7. The lowest BCUT2D eigenvalue weighted by Gasteiger charge is -2.14. The molecule has 0 saturated carbocycles. The van der Waals surface area contributed by atoms with E-state index in [4.69, 9.17) is 10.5 Å². The van der Waals surface area contributed by atoms with Gasteiger partial charge in [-0.2, -0.15) is 15.0 Å². The van der Waals surface area contributed by atoms with Crippen LogP contribution in [-0.2, 0) is 6.42 Å². The monoisotopic (exact) mass is 307 g/mol. The highest BCUT2D eigenvalue weighted by Gasteiger charge is 2.11. The fourth-order valence-electron chi connectivity index (χ4n) is 1.87. The zero-order chi connectivity index (χ0) is 15.4. The first-order chi connectivity index (χ1) is 9.92. The van der Waals surface area contributed by atoms with Crippen molar-refractivity contribution in [3.63, 3.8) is 0 Å². The number of aryl methyl sites for hydroxylation is 1. The summed E-state index contributed by atoms with van der Waals surface area (Å²) in [7, 11) is 0. The normalized spacial score (nSPS) is 12.4. The molecule has 0 bridgehead atoms. The molecule has 2 rings (SSSR count). The summed E-state index contributed by atoms with van der Waals surface area (Å²) in [5, 5.41) is 3.24. The molecule has 0 aromatic carbocycles. The largest absolute Gasteiger partial charge is 0.461 e. The van der Waals surface area contributed by atoms with Crippen LogP contribution in [0.3, 0.4) is 0 Å². The fourth-order valence-corrected chi connectivity index (χ4v) is 2.89. The van der Waals surface area contributed by atoms with Gasteiger partial charge in [0.2, 0.25) is 11.9 Å². The molecule has 2 aromatic heterocycles. The Morgan fingerprint density at radius 3 is 2.62 bits per heavy atom. The summed E-state index contributed by atoms with van der Waals surface area (Å²) in [5.41, 5.74) is 5.69. The Morgan fingerprint density at radius 2 is 2.00 bits per heavy atom. The molecule has 0 aliphatic carbocycles. The molecule has 0 amide bonds. The van der Waals surface area contributed by atoms with E-state index >= 15 is 0 Å². The first-order valence-electron chi connectivity index (χ1n) is 6.92. The first-order valence-corrected chi connectivity index (χ1v) is 7.74. The van der Waals surface area contributed by atoms with Gasteiger partial charge >= 0.3 is 6.01 Å². The number of nitrogen functional groups attached to an aromatic ring is 1. The molecule has 0 radical (unpaired) electrons. The fraction of sp³-hybridized carbons (Fsp3) is 0.500. The van der Waals surface area contributed by atoms with Crippen LogP contribution in [0.2, 0.25) is 0 Å². The van der Waals surface area contributed by atoms with Crippen molar-refractivity contribution in [3.05, 3.63) is 21.9 Å². The zero-order valence-electron chi connectivity index (χ0n) is 12.8. The minimum atomic E-state index is -0.00818. The summed E-state index contributed by atoms with van der Waals surface area (Å²) in [6.07, 6.45) is 0.899. The molecule has 0 spiro atoms. The van der Waals surface area contributed by atoms with Crippen LogP contribution in [0, 0.1) is 6.92 Å². The summed E-state index contributed by atoms with van der Waals surface area (Å²) in [5.74, 6) is 0.598. The van der Waals surface area contributed by atoms with E-state index < -0.39 is 0 Å². The van der Waals surface area contributed by atoms with Crippen LogP contribution in [0.5, 0.6) is 6.01 Å². The molecule has 0 saturated heterocycles. The van der Waals surface area contributed by atoms with E-state index in [0.717, 1.165) is 6.42 Å². The summed E-state index contributed by atoms with van der Waals surface area (Å²) in [6, 6.07) is 4.71. The Balaban J connectivity index is 2.02. The van der Waals surface area contributed by atoms with Gasteiger partial charge in [-0.3, -0.25) is 0 Å². The number of nitrogens with zero attached hydrogens (tertiary/aromatic N) is 3. The molecule has 21 heavy (non-hydrogen) atoms. The second-order valence-corrected chi connectivity index (χ2v) is 6.60. The van der Waals surface area contributed by atoms with Gasteiger partial charge < -0.3 is 15.8 Å². The van der Waals surface area contributed by atoms with Gasteiger partial charge in [0.15, 0.2) is 0 Å². The molecule has 2 aromatic rings. The Bertz CT molecular complexity index is 599. The second kappa shape index (κ2) is 6.71. The molecule has 1 atom stereocenters. The van der Waals surface area contributed by atoms with Crippen LogP contribution in [-0.4, -0.2) is 27.1 Å². The number of aromatic nitrogens is 3. The Kier molecular flexibility index (Phi) is 4.95. The maximum absolute atomic E-state index is 5.69. The smallest absolute Gasteiger partial charge is 0.323 e. The minimum Gasteiger partial charge on any atom is -0.461 e. The molecule has 6 nitrogen and oxygen atoms in total. The number of thiophene rings is 1. The standard InChI is InChI=1S/C14H21N5OS/c1-8(2)20-14-18-12(15)17-13(19-14)16-9(3)7-11-6-5-10(4)21-11/h5-6,8-9H,7H2,1-4H3,(H3,15,16,17,18,19). The highest BCUT2D eigenvalue weighted by molar-refractivity contribution is 7.11. The number of ether oxygens (including phenoxy) is 1. The van der Waals surface area contributed by atoms with Crippen molar-refractivity contribution in [2.24, 2.45) is 0 Å². The molecule has 0 aliphatic rings. The predicted molar refractivity (Wildman–Crippen MR) is 85.8 cm³/mol. The van der Waals surface area contributed by atoms with E-state index in [1.165, 1.54) is 9.75 Å². The van der Waals surface area contributed by atoms with E-state index in [0.29, 0.717) is 5.95 Å². The van der Waals surface area contributed by atoms with Gasteiger partial charge in [-0.05, 0) is 39.8 Å². The summed E-state index contributed by atoms with van der Waals surface area (Å²) < 4.78 is 5.46. The lowest BCUT2D eigenvalue weighted by molar-refractivity contribution is 0.222. The van der Waals surface area contributed by atoms with Crippen LogP contribution in [0.15, 0.2) is 12.1 Å². The average molecular weight is 307 g/mol. The van der Waals surface area contributed by atoms with E-state index in [1.54, 1.807) is 11.3 Å². The van der Waals surface area contributed by atoms with Gasteiger partial charge in [0.05, 0.1) is 6.10 Å². The van der Waals surface area contributed by atoms with Crippen molar-refractivity contribution in [3.8, 4) is 6.01 Å².